The van der Waals surface area contributed by atoms with Gasteiger partial charge in [-0.15, -0.1) is 0 Å². The second-order valence-corrected chi connectivity index (χ2v) is 6.54. The number of aromatic nitrogens is 2. The second kappa shape index (κ2) is 5.99. The van der Waals surface area contributed by atoms with Crippen molar-refractivity contribution in [1.82, 2.24) is 9.97 Å². The molecule has 7 nitrogen and oxygen atoms in total. The van der Waals surface area contributed by atoms with Gasteiger partial charge in [0.1, 0.15) is 11.0 Å². The van der Waals surface area contributed by atoms with Crippen LogP contribution in [0.1, 0.15) is 11.7 Å². The summed E-state index contributed by atoms with van der Waals surface area (Å²) in [6, 6.07) is 9.92. The van der Waals surface area contributed by atoms with E-state index in [0.717, 1.165) is 5.56 Å². The molecule has 22 heavy (non-hydrogen) atoms. The Hall–Kier alpha value is -2.03. The van der Waals surface area contributed by atoms with Crippen LogP contribution in [0, 0.1) is 0 Å². The number of hydrogen-bond acceptors (Lipinski definition) is 6. The van der Waals surface area contributed by atoms with E-state index < -0.39 is 10.0 Å². The number of nitrogens with two attached hydrogens (primary N) is 1. The minimum absolute atomic E-state index is 0.0588. The van der Waals surface area contributed by atoms with E-state index in [1.54, 1.807) is 0 Å². The van der Waals surface area contributed by atoms with Crippen molar-refractivity contribution in [3.05, 3.63) is 48.3 Å². The lowest BCUT2D eigenvalue weighted by molar-refractivity contribution is 0.0392. The molecule has 1 fully saturated rings. The van der Waals surface area contributed by atoms with E-state index >= 15 is 0 Å². The molecule has 0 unspecified atom stereocenters. The molecule has 1 saturated heterocycles. The summed E-state index contributed by atoms with van der Waals surface area (Å²) in [5, 5.41) is 5.04. The Morgan fingerprint density at radius 3 is 2.50 bits per heavy atom. The first-order chi connectivity index (χ1) is 10.5. The van der Waals surface area contributed by atoms with E-state index in [-0.39, 0.29) is 11.0 Å². The maximum Gasteiger partial charge on any atom is 0.241 e. The Bertz CT molecular complexity index is 734. The quantitative estimate of drug-likeness (QED) is 0.894. The lowest BCUT2D eigenvalue weighted by Gasteiger charge is -2.33. The fraction of sp³-hybridized carbons (Fsp3) is 0.286. The maximum absolute atomic E-state index is 11.2. The zero-order valence-corrected chi connectivity index (χ0v) is 12.6. The molecule has 0 radical (unpaired) electrons. The molecule has 0 spiro atoms. The average Bonchev–Trinajstić information content (AvgIpc) is 2.55. The molecule has 2 aromatic rings. The fourth-order valence-electron chi connectivity index (χ4n) is 2.32. The normalized spacial score (nSPS) is 19.1. The Kier molecular flexibility index (Phi) is 4.06. The summed E-state index contributed by atoms with van der Waals surface area (Å²) in [7, 11) is -3.77. The first kappa shape index (κ1) is 14.9. The average molecular weight is 320 g/mol. The summed E-state index contributed by atoms with van der Waals surface area (Å²) in [4.78, 5) is 10.1. The standard InChI is InChI=1S/C14H16N4O3S/c15-22(19,20)12-8-16-14(17-9-12)18-6-7-21-13(10-18)11-4-2-1-3-5-11/h1-5,8-9,13H,6-7,10H2,(H2,15,19,20)/t13-/m0/s1. The molecular weight excluding hydrogens is 304 g/mol. The number of anilines is 1. The van der Waals surface area contributed by atoms with Crippen LogP contribution < -0.4 is 10.0 Å². The van der Waals surface area contributed by atoms with Gasteiger partial charge in [-0.05, 0) is 5.56 Å². The number of ether oxygens (including phenoxy) is 1. The van der Waals surface area contributed by atoms with Crippen LogP contribution in [0.4, 0.5) is 5.95 Å². The molecule has 1 aliphatic rings. The summed E-state index contributed by atoms with van der Waals surface area (Å²) in [6.07, 6.45) is 2.39. The third kappa shape index (κ3) is 3.24. The third-order valence-corrected chi connectivity index (χ3v) is 4.33. The molecule has 0 aliphatic carbocycles. The van der Waals surface area contributed by atoms with Gasteiger partial charge in [-0.25, -0.2) is 23.5 Å². The summed E-state index contributed by atoms with van der Waals surface area (Å²) in [5.41, 5.74) is 1.09. The number of hydrogen-bond donors (Lipinski definition) is 1. The van der Waals surface area contributed by atoms with Crippen molar-refractivity contribution >= 4 is 16.0 Å². The lowest BCUT2D eigenvalue weighted by Crippen LogP contribution is -2.39. The minimum Gasteiger partial charge on any atom is -0.370 e. The molecule has 0 amide bonds. The van der Waals surface area contributed by atoms with E-state index in [0.29, 0.717) is 25.6 Å². The van der Waals surface area contributed by atoms with Crippen LogP contribution in [0.5, 0.6) is 0 Å². The van der Waals surface area contributed by atoms with Gasteiger partial charge in [-0.1, -0.05) is 30.3 Å². The Balaban J connectivity index is 1.77. The van der Waals surface area contributed by atoms with Crippen LogP contribution in [0.25, 0.3) is 0 Å². The first-order valence-electron chi connectivity index (χ1n) is 6.80. The van der Waals surface area contributed by atoms with Gasteiger partial charge in [0, 0.05) is 6.54 Å². The van der Waals surface area contributed by atoms with Crippen molar-refractivity contribution < 1.29 is 13.2 Å². The highest BCUT2D eigenvalue weighted by Crippen LogP contribution is 2.24. The van der Waals surface area contributed by atoms with Gasteiger partial charge in [0.25, 0.3) is 0 Å². The molecular formula is C14H16N4O3S. The third-order valence-electron chi connectivity index (χ3n) is 3.46. The van der Waals surface area contributed by atoms with Gasteiger partial charge in [0.15, 0.2) is 0 Å². The van der Waals surface area contributed by atoms with Crippen molar-refractivity contribution in [2.24, 2.45) is 5.14 Å². The number of sulfonamides is 1. The van der Waals surface area contributed by atoms with Gasteiger partial charge in [0.2, 0.25) is 16.0 Å². The fourth-order valence-corrected chi connectivity index (χ4v) is 2.72. The lowest BCUT2D eigenvalue weighted by atomic mass is 10.1. The summed E-state index contributed by atoms with van der Waals surface area (Å²) in [6.45, 7) is 1.82. The second-order valence-electron chi connectivity index (χ2n) is 4.98. The van der Waals surface area contributed by atoms with E-state index in [1.165, 1.54) is 12.4 Å². The van der Waals surface area contributed by atoms with Crippen LogP contribution in [-0.4, -0.2) is 38.1 Å². The minimum atomic E-state index is -3.77. The van der Waals surface area contributed by atoms with Crippen LogP contribution >= 0.6 is 0 Å². The van der Waals surface area contributed by atoms with E-state index in [1.807, 2.05) is 35.2 Å². The Morgan fingerprint density at radius 1 is 1.18 bits per heavy atom. The van der Waals surface area contributed by atoms with Gasteiger partial charge in [0.05, 0.1) is 25.5 Å². The van der Waals surface area contributed by atoms with Crippen LogP contribution in [0.2, 0.25) is 0 Å². The van der Waals surface area contributed by atoms with Crippen molar-refractivity contribution in [2.75, 3.05) is 24.6 Å². The number of morpholine rings is 1. The number of rotatable bonds is 3. The van der Waals surface area contributed by atoms with Gasteiger partial charge in [-0.2, -0.15) is 0 Å². The van der Waals surface area contributed by atoms with E-state index in [2.05, 4.69) is 9.97 Å². The molecule has 8 heteroatoms. The molecule has 116 valence electrons. The summed E-state index contributed by atoms with van der Waals surface area (Å²) < 4.78 is 28.2. The predicted molar refractivity (Wildman–Crippen MR) is 80.8 cm³/mol. The van der Waals surface area contributed by atoms with Crippen LogP contribution in [0.3, 0.4) is 0 Å². The SMILES string of the molecule is NS(=O)(=O)c1cnc(N2CCO[C@H](c3ccccc3)C2)nc1. The smallest absolute Gasteiger partial charge is 0.241 e. The van der Waals surface area contributed by atoms with Crippen molar-refractivity contribution in [2.45, 2.75) is 11.0 Å². The summed E-state index contributed by atoms with van der Waals surface area (Å²) in [5.74, 6) is 0.469. The van der Waals surface area contributed by atoms with Crippen molar-refractivity contribution in [3.8, 4) is 0 Å². The molecule has 1 aliphatic heterocycles. The highest BCUT2D eigenvalue weighted by Gasteiger charge is 2.23. The Morgan fingerprint density at radius 2 is 1.86 bits per heavy atom. The molecule has 0 saturated carbocycles. The number of primary sulfonamides is 1. The monoisotopic (exact) mass is 320 g/mol. The zero-order valence-electron chi connectivity index (χ0n) is 11.8. The number of nitrogens with zero attached hydrogens (tertiary/aromatic N) is 3. The maximum atomic E-state index is 11.2. The molecule has 1 atom stereocenters. The largest absolute Gasteiger partial charge is 0.370 e. The van der Waals surface area contributed by atoms with Crippen LogP contribution in [0.15, 0.2) is 47.6 Å². The Labute approximate surface area is 128 Å². The highest BCUT2D eigenvalue weighted by molar-refractivity contribution is 7.89. The van der Waals surface area contributed by atoms with Crippen LogP contribution in [-0.2, 0) is 14.8 Å². The molecule has 1 aromatic heterocycles. The molecule has 2 heterocycles. The molecule has 0 bridgehead atoms. The molecule has 3 rings (SSSR count). The van der Waals surface area contributed by atoms with E-state index in [4.69, 9.17) is 9.88 Å². The first-order valence-corrected chi connectivity index (χ1v) is 8.35. The van der Waals surface area contributed by atoms with E-state index in [9.17, 15) is 8.42 Å². The summed E-state index contributed by atoms with van der Waals surface area (Å²) >= 11 is 0. The van der Waals surface area contributed by atoms with Gasteiger partial charge < -0.3 is 9.64 Å². The highest BCUT2D eigenvalue weighted by atomic mass is 32.2. The zero-order chi connectivity index (χ0) is 15.6. The molecule has 2 N–H and O–H groups in total. The molecule has 1 aromatic carbocycles. The number of benzene rings is 1. The topological polar surface area (TPSA) is 98.4 Å². The van der Waals surface area contributed by atoms with Gasteiger partial charge >= 0.3 is 0 Å². The van der Waals surface area contributed by atoms with Crippen molar-refractivity contribution in [3.63, 3.8) is 0 Å². The van der Waals surface area contributed by atoms with Gasteiger partial charge in [-0.3, -0.25) is 0 Å². The predicted octanol–water partition coefficient (Wildman–Crippen LogP) is 0.702. The van der Waals surface area contributed by atoms with Crippen molar-refractivity contribution in [1.29, 1.82) is 0 Å².